The highest BCUT2D eigenvalue weighted by molar-refractivity contribution is 5.79. The first kappa shape index (κ1) is 18.5. The normalized spacial score (nSPS) is 12.4. The molecule has 0 bridgehead atoms. The second-order valence-electron chi connectivity index (χ2n) is 5.36. The Morgan fingerprint density at radius 3 is 2.64 bits per heavy atom. The lowest BCUT2D eigenvalue weighted by Crippen LogP contribution is -2.41. The van der Waals surface area contributed by atoms with E-state index in [4.69, 9.17) is 9.47 Å². The fourth-order valence-corrected chi connectivity index (χ4v) is 2.09. The molecule has 0 amide bonds. The number of guanidine groups is 1. The smallest absolute Gasteiger partial charge is 0.213 e. The van der Waals surface area contributed by atoms with Crippen LogP contribution in [-0.2, 0) is 6.54 Å². The van der Waals surface area contributed by atoms with Crippen LogP contribution in [0.5, 0.6) is 11.6 Å². The van der Waals surface area contributed by atoms with E-state index in [1.165, 1.54) is 12.1 Å². The summed E-state index contributed by atoms with van der Waals surface area (Å²) in [6.07, 6.45) is -0.112. The fourth-order valence-electron chi connectivity index (χ4n) is 2.09. The largest absolute Gasteiger partial charge is 0.489 e. The average Bonchev–Trinajstić information content (AvgIpc) is 2.64. The molecule has 7 heteroatoms. The maximum absolute atomic E-state index is 12.9. The number of pyridine rings is 1. The van der Waals surface area contributed by atoms with Crippen LogP contribution in [0.4, 0.5) is 4.39 Å². The minimum Gasteiger partial charge on any atom is -0.489 e. The predicted molar refractivity (Wildman–Crippen MR) is 95.5 cm³/mol. The second-order valence-corrected chi connectivity index (χ2v) is 5.36. The first-order valence-electron chi connectivity index (χ1n) is 7.97. The summed E-state index contributed by atoms with van der Waals surface area (Å²) in [5.74, 6) is 1.55. The first-order chi connectivity index (χ1) is 12.1. The molecule has 0 aliphatic heterocycles. The van der Waals surface area contributed by atoms with Crippen LogP contribution >= 0.6 is 0 Å². The van der Waals surface area contributed by atoms with Crippen molar-refractivity contribution in [2.24, 2.45) is 4.99 Å². The van der Waals surface area contributed by atoms with Gasteiger partial charge in [0.05, 0.1) is 25.9 Å². The van der Waals surface area contributed by atoms with Crippen LogP contribution in [0.2, 0.25) is 0 Å². The summed E-state index contributed by atoms with van der Waals surface area (Å²) in [6, 6.07) is 11.5. The molecule has 2 aromatic rings. The SMILES string of the molecule is CN=C(NCc1cccc(OC)n1)NCC(C)Oc1ccc(F)cc1. The molecule has 0 radical (unpaired) electrons. The van der Waals surface area contributed by atoms with E-state index in [0.29, 0.717) is 30.7 Å². The molecule has 0 spiro atoms. The van der Waals surface area contributed by atoms with Crippen molar-refractivity contribution >= 4 is 5.96 Å². The van der Waals surface area contributed by atoms with E-state index in [9.17, 15) is 4.39 Å². The number of rotatable bonds is 7. The van der Waals surface area contributed by atoms with Gasteiger partial charge in [0, 0.05) is 13.1 Å². The van der Waals surface area contributed by atoms with Crippen LogP contribution in [0, 0.1) is 5.82 Å². The molecule has 2 rings (SSSR count). The minimum absolute atomic E-state index is 0.112. The van der Waals surface area contributed by atoms with Crippen molar-refractivity contribution in [3.05, 3.63) is 54.0 Å². The fraction of sp³-hybridized carbons (Fsp3) is 0.333. The molecule has 6 nitrogen and oxygen atoms in total. The molecule has 25 heavy (non-hydrogen) atoms. The van der Waals surface area contributed by atoms with Crippen molar-refractivity contribution in [3.63, 3.8) is 0 Å². The third-order valence-corrected chi connectivity index (χ3v) is 3.36. The summed E-state index contributed by atoms with van der Waals surface area (Å²) in [4.78, 5) is 8.50. The Labute approximate surface area is 147 Å². The van der Waals surface area contributed by atoms with Gasteiger partial charge < -0.3 is 20.1 Å². The van der Waals surface area contributed by atoms with E-state index in [1.807, 2.05) is 19.1 Å². The van der Waals surface area contributed by atoms with Crippen LogP contribution in [0.15, 0.2) is 47.5 Å². The highest BCUT2D eigenvalue weighted by Gasteiger charge is 2.06. The number of aliphatic imine (C=N–C) groups is 1. The number of hydrogen-bond acceptors (Lipinski definition) is 4. The first-order valence-corrected chi connectivity index (χ1v) is 7.97. The van der Waals surface area contributed by atoms with Gasteiger partial charge in [-0.2, -0.15) is 0 Å². The van der Waals surface area contributed by atoms with Crippen molar-refractivity contribution in [2.45, 2.75) is 19.6 Å². The monoisotopic (exact) mass is 346 g/mol. The van der Waals surface area contributed by atoms with Gasteiger partial charge in [-0.1, -0.05) is 6.07 Å². The van der Waals surface area contributed by atoms with Crippen molar-refractivity contribution < 1.29 is 13.9 Å². The van der Waals surface area contributed by atoms with Crippen LogP contribution in [0.1, 0.15) is 12.6 Å². The van der Waals surface area contributed by atoms with Gasteiger partial charge in [-0.15, -0.1) is 0 Å². The molecule has 0 aliphatic rings. The van der Waals surface area contributed by atoms with Gasteiger partial charge in [0.2, 0.25) is 5.88 Å². The maximum atomic E-state index is 12.9. The zero-order valence-corrected chi connectivity index (χ0v) is 14.6. The predicted octanol–water partition coefficient (Wildman–Crippen LogP) is 2.36. The molecule has 1 atom stereocenters. The molecule has 1 heterocycles. The third-order valence-electron chi connectivity index (χ3n) is 3.36. The summed E-state index contributed by atoms with van der Waals surface area (Å²) in [5.41, 5.74) is 0.845. The molecular formula is C18H23FN4O2. The van der Waals surface area contributed by atoms with Gasteiger partial charge in [-0.3, -0.25) is 4.99 Å². The Morgan fingerprint density at radius 2 is 1.96 bits per heavy atom. The summed E-state index contributed by atoms with van der Waals surface area (Å²) >= 11 is 0. The molecule has 0 saturated carbocycles. The molecular weight excluding hydrogens is 323 g/mol. The van der Waals surface area contributed by atoms with E-state index in [0.717, 1.165) is 5.69 Å². The molecule has 1 aromatic carbocycles. The van der Waals surface area contributed by atoms with Gasteiger partial charge >= 0.3 is 0 Å². The van der Waals surface area contributed by atoms with E-state index in [2.05, 4.69) is 20.6 Å². The van der Waals surface area contributed by atoms with Crippen LogP contribution in [-0.4, -0.2) is 37.7 Å². The van der Waals surface area contributed by atoms with Gasteiger partial charge in [-0.25, -0.2) is 9.37 Å². The van der Waals surface area contributed by atoms with E-state index >= 15 is 0 Å². The van der Waals surface area contributed by atoms with E-state index < -0.39 is 0 Å². The van der Waals surface area contributed by atoms with Gasteiger partial charge in [0.25, 0.3) is 0 Å². The van der Waals surface area contributed by atoms with Crippen molar-refractivity contribution in [1.29, 1.82) is 0 Å². The van der Waals surface area contributed by atoms with Crippen LogP contribution < -0.4 is 20.1 Å². The summed E-state index contributed by atoms with van der Waals surface area (Å²) in [6.45, 7) is 2.99. The van der Waals surface area contributed by atoms with Gasteiger partial charge in [-0.05, 0) is 37.3 Å². The molecule has 2 N–H and O–H groups in total. The number of halogens is 1. The standard InChI is InChI=1S/C18H23FN4O2/c1-13(25-16-9-7-14(19)8-10-16)11-21-18(20-2)22-12-15-5-4-6-17(23-15)24-3/h4-10,13H,11-12H2,1-3H3,(H2,20,21,22). The Balaban J connectivity index is 1.78. The summed E-state index contributed by atoms with van der Waals surface area (Å²) in [5, 5.41) is 6.36. The Hall–Kier alpha value is -2.83. The lowest BCUT2D eigenvalue weighted by Gasteiger charge is -2.17. The van der Waals surface area contributed by atoms with E-state index in [-0.39, 0.29) is 11.9 Å². The van der Waals surface area contributed by atoms with Crippen LogP contribution in [0.3, 0.4) is 0 Å². The van der Waals surface area contributed by atoms with Gasteiger partial charge in [0.1, 0.15) is 17.7 Å². The lowest BCUT2D eigenvalue weighted by molar-refractivity contribution is 0.223. The highest BCUT2D eigenvalue weighted by Crippen LogP contribution is 2.12. The van der Waals surface area contributed by atoms with E-state index in [1.54, 1.807) is 32.4 Å². The van der Waals surface area contributed by atoms with Crippen LogP contribution in [0.25, 0.3) is 0 Å². The number of ether oxygens (including phenoxy) is 2. The maximum Gasteiger partial charge on any atom is 0.213 e. The topological polar surface area (TPSA) is 67.8 Å². The summed E-state index contributed by atoms with van der Waals surface area (Å²) < 4.78 is 23.7. The molecule has 1 unspecified atom stereocenters. The molecule has 0 aliphatic carbocycles. The number of nitrogens with one attached hydrogen (secondary N) is 2. The lowest BCUT2D eigenvalue weighted by atomic mass is 10.3. The minimum atomic E-state index is -0.283. The molecule has 0 fully saturated rings. The summed E-state index contributed by atoms with van der Waals surface area (Å²) in [7, 11) is 3.28. The molecule has 0 saturated heterocycles. The Morgan fingerprint density at radius 1 is 1.20 bits per heavy atom. The average molecular weight is 346 g/mol. The van der Waals surface area contributed by atoms with Crippen molar-refractivity contribution in [3.8, 4) is 11.6 Å². The molecule has 1 aromatic heterocycles. The number of methoxy groups -OCH3 is 1. The second kappa shape index (κ2) is 9.46. The number of aromatic nitrogens is 1. The molecule has 134 valence electrons. The van der Waals surface area contributed by atoms with Crippen molar-refractivity contribution in [1.82, 2.24) is 15.6 Å². The highest BCUT2D eigenvalue weighted by atomic mass is 19.1. The zero-order chi connectivity index (χ0) is 18.1. The zero-order valence-electron chi connectivity index (χ0n) is 14.6. The third kappa shape index (κ3) is 6.29. The quantitative estimate of drug-likeness (QED) is 0.595. The Kier molecular flexibility index (Phi) is 7.00. The van der Waals surface area contributed by atoms with Gasteiger partial charge in [0.15, 0.2) is 5.96 Å². The number of benzene rings is 1. The van der Waals surface area contributed by atoms with Crippen molar-refractivity contribution in [2.75, 3.05) is 20.7 Å². The Bertz CT molecular complexity index is 692. The number of hydrogen-bond donors (Lipinski definition) is 2. The number of nitrogens with zero attached hydrogens (tertiary/aromatic N) is 2.